The number of hydrogen-bond acceptors (Lipinski definition) is 3. The van der Waals surface area contributed by atoms with Gasteiger partial charge in [-0.15, -0.1) is 0 Å². The molecule has 0 amide bonds. The topological polar surface area (TPSA) is 66.8 Å². The third-order valence-electron chi connectivity index (χ3n) is 7.51. The molecule has 3 aliphatic rings. The van der Waals surface area contributed by atoms with Crippen LogP contribution in [-0.4, -0.2) is 21.8 Å². The second-order valence-electron chi connectivity index (χ2n) is 9.32. The van der Waals surface area contributed by atoms with E-state index < -0.39 is 5.97 Å². The molecule has 0 radical (unpaired) electrons. The van der Waals surface area contributed by atoms with Gasteiger partial charge in [0.15, 0.2) is 0 Å². The first-order chi connectivity index (χ1) is 12.2. The fraction of sp³-hybridized carbons (Fsp3) is 0.682. The van der Waals surface area contributed by atoms with Crippen molar-refractivity contribution in [3.8, 4) is 11.5 Å². The number of phenols is 1. The van der Waals surface area contributed by atoms with Crippen molar-refractivity contribution in [3.63, 3.8) is 0 Å². The summed E-state index contributed by atoms with van der Waals surface area (Å²) in [6, 6.07) is 1.91. The first-order valence-electron chi connectivity index (χ1n) is 10.0. The molecule has 0 bridgehead atoms. The Hall–Kier alpha value is -1.71. The van der Waals surface area contributed by atoms with E-state index in [4.69, 9.17) is 4.74 Å². The number of carbonyl (C=O) groups is 1. The molecule has 1 aromatic carbocycles. The van der Waals surface area contributed by atoms with Gasteiger partial charge in [0.25, 0.3) is 0 Å². The number of ether oxygens (including phenoxy) is 1. The Morgan fingerprint density at radius 1 is 1.31 bits per heavy atom. The molecule has 2 saturated carbocycles. The van der Waals surface area contributed by atoms with Crippen molar-refractivity contribution in [2.45, 2.75) is 77.7 Å². The minimum Gasteiger partial charge on any atom is -0.507 e. The Kier molecular flexibility index (Phi) is 3.84. The zero-order valence-corrected chi connectivity index (χ0v) is 16.3. The lowest BCUT2D eigenvalue weighted by Gasteiger charge is -2.62. The van der Waals surface area contributed by atoms with E-state index in [0.29, 0.717) is 23.8 Å². The summed E-state index contributed by atoms with van der Waals surface area (Å²) in [5, 5.41) is 20.8. The predicted molar refractivity (Wildman–Crippen MR) is 100 cm³/mol. The highest BCUT2D eigenvalue weighted by Crippen LogP contribution is 2.74. The maximum atomic E-state index is 11.9. The summed E-state index contributed by atoms with van der Waals surface area (Å²) >= 11 is 0. The molecular formula is C22H30O4. The fourth-order valence-corrected chi connectivity index (χ4v) is 6.23. The van der Waals surface area contributed by atoms with Gasteiger partial charge in [-0.05, 0) is 55.6 Å². The van der Waals surface area contributed by atoms with Crippen LogP contribution >= 0.6 is 0 Å². The highest BCUT2D eigenvalue weighted by Gasteiger charge is 2.69. The van der Waals surface area contributed by atoms with E-state index in [1.54, 1.807) is 0 Å². The summed E-state index contributed by atoms with van der Waals surface area (Å²) in [6.07, 6.45) is 5.90. The van der Waals surface area contributed by atoms with Gasteiger partial charge in [0.05, 0.1) is 0 Å². The second kappa shape index (κ2) is 5.64. The molecule has 4 nitrogen and oxygen atoms in total. The Morgan fingerprint density at radius 3 is 2.69 bits per heavy atom. The van der Waals surface area contributed by atoms with Gasteiger partial charge < -0.3 is 14.9 Å². The summed E-state index contributed by atoms with van der Waals surface area (Å²) < 4.78 is 6.45. The molecule has 1 heterocycles. The van der Waals surface area contributed by atoms with Crippen molar-refractivity contribution < 1.29 is 19.7 Å². The van der Waals surface area contributed by atoms with Crippen molar-refractivity contribution >= 4 is 5.97 Å². The Bertz CT molecular complexity index is 766. The SMILES string of the molecule is CCCCCc1cc2c(c(O)c1C(=O)O)C1C3[C@H](CCC3(C)O2)C1(C)C. The largest absolute Gasteiger partial charge is 0.507 e. The molecule has 0 saturated heterocycles. The summed E-state index contributed by atoms with van der Waals surface area (Å²) in [5.41, 5.74) is 1.42. The van der Waals surface area contributed by atoms with Gasteiger partial charge >= 0.3 is 5.97 Å². The fourth-order valence-electron chi connectivity index (χ4n) is 6.23. The highest BCUT2D eigenvalue weighted by molar-refractivity contribution is 5.94. The average Bonchev–Trinajstić information content (AvgIpc) is 2.88. The Labute approximate surface area is 155 Å². The van der Waals surface area contributed by atoms with E-state index in [9.17, 15) is 15.0 Å². The van der Waals surface area contributed by atoms with E-state index in [0.717, 1.165) is 43.4 Å². The number of aromatic hydroxyl groups is 1. The number of carboxylic acid groups (broad SMARTS) is 1. The number of rotatable bonds is 5. The Morgan fingerprint density at radius 2 is 2.04 bits per heavy atom. The normalized spacial score (nSPS) is 33.0. The van der Waals surface area contributed by atoms with Gasteiger partial charge in [-0.25, -0.2) is 4.79 Å². The Balaban J connectivity index is 1.85. The molecule has 1 aromatic rings. The van der Waals surface area contributed by atoms with Crippen LogP contribution < -0.4 is 4.74 Å². The third kappa shape index (κ3) is 2.17. The van der Waals surface area contributed by atoms with Gasteiger partial charge in [-0.3, -0.25) is 0 Å². The van der Waals surface area contributed by atoms with Crippen molar-refractivity contribution in [1.29, 1.82) is 0 Å². The van der Waals surface area contributed by atoms with Crippen molar-refractivity contribution in [2.24, 2.45) is 17.3 Å². The van der Waals surface area contributed by atoms with Gasteiger partial charge in [0, 0.05) is 17.4 Å². The predicted octanol–water partition coefficient (Wildman–Crippen LogP) is 5.12. The molecular weight excluding hydrogens is 328 g/mol. The lowest BCUT2D eigenvalue weighted by atomic mass is 9.45. The first-order valence-corrected chi connectivity index (χ1v) is 10.0. The number of hydrogen-bond donors (Lipinski definition) is 2. The van der Waals surface area contributed by atoms with Crippen molar-refractivity contribution in [2.75, 3.05) is 0 Å². The van der Waals surface area contributed by atoms with E-state index in [2.05, 4.69) is 27.7 Å². The molecule has 26 heavy (non-hydrogen) atoms. The number of unbranched alkanes of at least 4 members (excludes halogenated alkanes) is 2. The van der Waals surface area contributed by atoms with Crippen LogP contribution in [0.3, 0.4) is 0 Å². The molecule has 4 heteroatoms. The minimum absolute atomic E-state index is 0.0491. The van der Waals surface area contributed by atoms with E-state index in [1.807, 2.05) is 6.07 Å². The van der Waals surface area contributed by atoms with Gasteiger partial charge in [-0.2, -0.15) is 0 Å². The molecule has 2 aliphatic carbocycles. The lowest BCUT2D eigenvalue weighted by Crippen LogP contribution is -2.59. The van der Waals surface area contributed by atoms with Gasteiger partial charge in [0.1, 0.15) is 22.7 Å². The summed E-state index contributed by atoms with van der Waals surface area (Å²) in [4.78, 5) is 11.9. The molecule has 4 atom stereocenters. The molecule has 2 N–H and O–H groups in total. The van der Waals surface area contributed by atoms with Crippen LogP contribution in [0.25, 0.3) is 0 Å². The van der Waals surface area contributed by atoms with E-state index in [1.165, 1.54) is 0 Å². The van der Waals surface area contributed by atoms with Crippen LogP contribution in [0.1, 0.15) is 87.2 Å². The van der Waals surface area contributed by atoms with E-state index >= 15 is 0 Å². The quantitative estimate of drug-likeness (QED) is 0.717. The van der Waals surface area contributed by atoms with Gasteiger partial charge in [0.2, 0.25) is 0 Å². The second-order valence-corrected chi connectivity index (χ2v) is 9.32. The third-order valence-corrected chi connectivity index (χ3v) is 7.51. The number of aryl methyl sites for hydroxylation is 1. The number of carboxylic acids is 1. The molecule has 4 rings (SSSR count). The van der Waals surface area contributed by atoms with Crippen LogP contribution in [-0.2, 0) is 6.42 Å². The van der Waals surface area contributed by atoms with E-state index in [-0.39, 0.29) is 28.2 Å². The molecule has 0 aromatic heterocycles. The zero-order valence-electron chi connectivity index (χ0n) is 16.3. The lowest BCUT2D eigenvalue weighted by molar-refractivity contribution is -0.121. The van der Waals surface area contributed by atoms with Gasteiger partial charge in [-0.1, -0.05) is 33.6 Å². The standard InChI is InChI=1S/C22H30O4/c1-5-6-7-8-12-11-14-16(19(23)15(12)20(24)25)18-17-13(21(18,2)3)9-10-22(17,4)26-14/h11,13,17-18,23H,5-10H2,1-4H3,(H,24,25)/t13-,17?,18?,22?/m0/s1. The monoisotopic (exact) mass is 358 g/mol. The summed E-state index contributed by atoms with van der Waals surface area (Å²) in [5.74, 6) is 0.769. The van der Waals surface area contributed by atoms with Crippen LogP contribution in [0.15, 0.2) is 6.07 Å². The molecule has 142 valence electrons. The highest BCUT2D eigenvalue weighted by atomic mass is 16.5. The van der Waals surface area contributed by atoms with Crippen LogP contribution in [0.4, 0.5) is 0 Å². The maximum Gasteiger partial charge on any atom is 0.339 e. The molecule has 3 unspecified atom stereocenters. The smallest absolute Gasteiger partial charge is 0.339 e. The summed E-state index contributed by atoms with van der Waals surface area (Å²) in [7, 11) is 0. The first kappa shape index (κ1) is 17.7. The maximum absolute atomic E-state index is 11.9. The number of aromatic carboxylic acids is 1. The average molecular weight is 358 g/mol. The molecule has 2 fully saturated rings. The van der Waals surface area contributed by atoms with Crippen LogP contribution in [0.5, 0.6) is 11.5 Å². The van der Waals surface area contributed by atoms with Crippen molar-refractivity contribution in [3.05, 3.63) is 22.8 Å². The van der Waals surface area contributed by atoms with Crippen molar-refractivity contribution in [1.82, 2.24) is 0 Å². The minimum atomic E-state index is -1.04. The number of benzene rings is 1. The zero-order chi connectivity index (χ0) is 18.9. The van der Waals surface area contributed by atoms with Crippen LogP contribution in [0, 0.1) is 17.3 Å². The van der Waals surface area contributed by atoms with Crippen LogP contribution in [0.2, 0.25) is 0 Å². The molecule has 0 spiro atoms. The molecule has 1 aliphatic heterocycles. The summed E-state index contributed by atoms with van der Waals surface area (Å²) in [6.45, 7) is 8.84. The number of fused-ring (bicyclic) bond motifs is 2.